The number of nitrogens with zero attached hydrogens (tertiary/aromatic N) is 2. The van der Waals surface area contributed by atoms with Crippen LogP contribution in [-0.4, -0.2) is 9.97 Å². The number of nitrogens with two attached hydrogens (primary N) is 1. The summed E-state index contributed by atoms with van der Waals surface area (Å²) in [4.78, 5) is 8.07. The summed E-state index contributed by atoms with van der Waals surface area (Å²) in [5.41, 5.74) is 9.30. The average molecular weight is 177 g/mol. The third kappa shape index (κ3) is 1.29. The van der Waals surface area contributed by atoms with Crippen LogP contribution in [0.2, 0.25) is 0 Å². The van der Waals surface area contributed by atoms with Crippen molar-refractivity contribution in [1.29, 1.82) is 0 Å². The van der Waals surface area contributed by atoms with Gasteiger partial charge in [-0.15, -0.1) is 11.3 Å². The van der Waals surface area contributed by atoms with Crippen molar-refractivity contribution in [1.82, 2.24) is 9.97 Å². The highest BCUT2D eigenvalue weighted by molar-refractivity contribution is 7.07. The Kier molecular flexibility index (Phi) is 1.75. The first-order valence-electron chi connectivity index (χ1n) is 3.46. The second-order valence-corrected chi connectivity index (χ2v) is 3.06. The maximum absolute atomic E-state index is 5.53. The van der Waals surface area contributed by atoms with Gasteiger partial charge in [-0.3, -0.25) is 0 Å². The lowest BCUT2D eigenvalue weighted by Gasteiger charge is -1.95. The summed E-state index contributed by atoms with van der Waals surface area (Å²) in [7, 11) is 0. The van der Waals surface area contributed by atoms with Crippen LogP contribution in [0.5, 0.6) is 0 Å². The number of hydrogen-bond acceptors (Lipinski definition) is 4. The zero-order chi connectivity index (χ0) is 8.39. The van der Waals surface area contributed by atoms with E-state index in [-0.39, 0.29) is 0 Å². The van der Waals surface area contributed by atoms with E-state index >= 15 is 0 Å². The molecule has 0 unspecified atom stereocenters. The molecule has 0 aliphatic rings. The van der Waals surface area contributed by atoms with E-state index in [0.29, 0.717) is 5.82 Å². The fourth-order valence-electron chi connectivity index (χ4n) is 0.963. The summed E-state index contributed by atoms with van der Waals surface area (Å²) >= 11 is 1.57. The number of aromatic nitrogens is 2. The molecule has 2 heterocycles. The van der Waals surface area contributed by atoms with Gasteiger partial charge in [-0.2, -0.15) is 0 Å². The fraction of sp³-hybridized carbons (Fsp3) is 0. The van der Waals surface area contributed by atoms with Crippen LogP contribution in [0.3, 0.4) is 0 Å². The van der Waals surface area contributed by atoms with Gasteiger partial charge in [0.15, 0.2) is 0 Å². The van der Waals surface area contributed by atoms with E-state index < -0.39 is 0 Å². The van der Waals surface area contributed by atoms with Gasteiger partial charge in [0.2, 0.25) is 0 Å². The van der Waals surface area contributed by atoms with Gasteiger partial charge in [0.05, 0.1) is 11.2 Å². The van der Waals surface area contributed by atoms with Gasteiger partial charge >= 0.3 is 0 Å². The van der Waals surface area contributed by atoms with Crippen LogP contribution in [0.1, 0.15) is 0 Å². The van der Waals surface area contributed by atoms with Gasteiger partial charge in [0, 0.05) is 17.1 Å². The Morgan fingerprint density at radius 2 is 2.25 bits per heavy atom. The van der Waals surface area contributed by atoms with Crippen LogP contribution in [0.15, 0.2) is 29.2 Å². The highest BCUT2D eigenvalue weighted by Gasteiger charge is 1.98. The number of thiazole rings is 1. The van der Waals surface area contributed by atoms with Gasteiger partial charge in [0.1, 0.15) is 5.82 Å². The minimum atomic E-state index is 0.528. The molecule has 0 spiro atoms. The molecule has 3 nitrogen and oxygen atoms in total. The number of nitrogen functional groups attached to an aromatic ring is 1. The Bertz CT molecular complexity index is 370. The number of anilines is 1. The topological polar surface area (TPSA) is 51.8 Å². The Morgan fingerprint density at radius 1 is 1.33 bits per heavy atom. The molecule has 0 saturated heterocycles. The average Bonchev–Trinajstić information content (AvgIpc) is 2.56. The smallest absolute Gasteiger partial charge is 0.123 e. The molecule has 2 aromatic heterocycles. The molecule has 4 heteroatoms. The van der Waals surface area contributed by atoms with Crippen LogP contribution >= 0.6 is 11.3 Å². The maximum Gasteiger partial charge on any atom is 0.123 e. The van der Waals surface area contributed by atoms with Crippen molar-refractivity contribution in [2.45, 2.75) is 0 Å². The minimum Gasteiger partial charge on any atom is -0.384 e. The second-order valence-electron chi connectivity index (χ2n) is 2.34. The zero-order valence-corrected chi connectivity index (χ0v) is 7.08. The zero-order valence-electron chi connectivity index (χ0n) is 6.27. The largest absolute Gasteiger partial charge is 0.384 e. The third-order valence-electron chi connectivity index (χ3n) is 1.51. The highest BCUT2D eigenvalue weighted by Crippen LogP contribution is 2.19. The van der Waals surface area contributed by atoms with E-state index in [1.807, 2.05) is 17.5 Å². The second kappa shape index (κ2) is 2.91. The molecule has 60 valence electrons. The standard InChI is InChI=1S/C8H7N3S/c9-8-3-6(1-2-10-8)7-4-12-5-11-7/h1-5H,(H2,9,10). The van der Waals surface area contributed by atoms with Crippen molar-refractivity contribution in [2.24, 2.45) is 0 Å². The van der Waals surface area contributed by atoms with E-state index in [9.17, 15) is 0 Å². The molecular weight excluding hydrogens is 170 g/mol. The lowest BCUT2D eigenvalue weighted by Crippen LogP contribution is -1.89. The number of pyridine rings is 1. The highest BCUT2D eigenvalue weighted by atomic mass is 32.1. The first-order valence-corrected chi connectivity index (χ1v) is 4.40. The summed E-state index contributed by atoms with van der Waals surface area (Å²) in [6.45, 7) is 0. The lowest BCUT2D eigenvalue weighted by atomic mass is 10.2. The van der Waals surface area contributed by atoms with Crippen LogP contribution in [0.4, 0.5) is 5.82 Å². The van der Waals surface area contributed by atoms with Crippen molar-refractivity contribution >= 4 is 17.2 Å². The summed E-state index contributed by atoms with van der Waals surface area (Å²) in [5.74, 6) is 0.528. The molecule has 0 bridgehead atoms. The van der Waals surface area contributed by atoms with E-state index in [4.69, 9.17) is 5.73 Å². The summed E-state index contributed by atoms with van der Waals surface area (Å²) in [6, 6.07) is 3.71. The molecule has 0 atom stereocenters. The molecule has 2 aromatic rings. The molecule has 2 rings (SSSR count). The van der Waals surface area contributed by atoms with Crippen LogP contribution < -0.4 is 5.73 Å². The summed E-state index contributed by atoms with van der Waals surface area (Å²) in [6.07, 6.45) is 1.68. The van der Waals surface area contributed by atoms with E-state index in [2.05, 4.69) is 9.97 Å². The van der Waals surface area contributed by atoms with E-state index in [1.165, 1.54) is 0 Å². The van der Waals surface area contributed by atoms with Gasteiger partial charge in [-0.25, -0.2) is 9.97 Å². The molecule has 0 radical (unpaired) electrons. The van der Waals surface area contributed by atoms with Gasteiger partial charge in [-0.05, 0) is 12.1 Å². The van der Waals surface area contributed by atoms with Gasteiger partial charge in [-0.1, -0.05) is 0 Å². The normalized spacial score (nSPS) is 10.0. The number of rotatable bonds is 1. The first-order chi connectivity index (χ1) is 5.86. The lowest BCUT2D eigenvalue weighted by molar-refractivity contribution is 1.32. The Balaban J connectivity index is 2.48. The minimum absolute atomic E-state index is 0.528. The monoisotopic (exact) mass is 177 g/mol. The molecule has 0 aliphatic carbocycles. The van der Waals surface area contributed by atoms with E-state index in [0.717, 1.165) is 11.3 Å². The summed E-state index contributed by atoms with van der Waals surface area (Å²) in [5, 5.41) is 1.98. The Labute approximate surface area is 73.9 Å². The Morgan fingerprint density at radius 3 is 2.92 bits per heavy atom. The molecule has 0 aromatic carbocycles. The molecular formula is C8H7N3S. The third-order valence-corrected chi connectivity index (χ3v) is 2.10. The van der Waals surface area contributed by atoms with Crippen molar-refractivity contribution in [3.63, 3.8) is 0 Å². The predicted molar refractivity (Wildman–Crippen MR) is 49.8 cm³/mol. The number of hydrogen-bond donors (Lipinski definition) is 1. The maximum atomic E-state index is 5.53. The quantitative estimate of drug-likeness (QED) is 0.722. The molecule has 0 aliphatic heterocycles. The molecule has 2 N–H and O–H groups in total. The molecule has 0 amide bonds. The summed E-state index contributed by atoms with van der Waals surface area (Å²) < 4.78 is 0. The van der Waals surface area contributed by atoms with Crippen molar-refractivity contribution < 1.29 is 0 Å². The predicted octanol–water partition coefficient (Wildman–Crippen LogP) is 1.79. The molecule has 0 fully saturated rings. The van der Waals surface area contributed by atoms with Gasteiger partial charge < -0.3 is 5.73 Å². The molecule has 0 saturated carbocycles. The fourth-order valence-corrected chi connectivity index (χ4v) is 1.52. The van der Waals surface area contributed by atoms with Crippen molar-refractivity contribution in [3.05, 3.63) is 29.2 Å². The van der Waals surface area contributed by atoms with Gasteiger partial charge in [0.25, 0.3) is 0 Å². The van der Waals surface area contributed by atoms with Crippen LogP contribution in [0.25, 0.3) is 11.3 Å². The van der Waals surface area contributed by atoms with Crippen molar-refractivity contribution in [3.8, 4) is 11.3 Å². The van der Waals surface area contributed by atoms with Crippen LogP contribution in [0, 0.1) is 0 Å². The van der Waals surface area contributed by atoms with Crippen molar-refractivity contribution in [2.75, 3.05) is 5.73 Å². The van der Waals surface area contributed by atoms with E-state index in [1.54, 1.807) is 23.0 Å². The molecule has 12 heavy (non-hydrogen) atoms. The van der Waals surface area contributed by atoms with Crippen LogP contribution in [-0.2, 0) is 0 Å². The SMILES string of the molecule is Nc1cc(-c2cscn2)ccn1. The Hall–Kier alpha value is -1.42. The first kappa shape index (κ1) is 7.24.